The van der Waals surface area contributed by atoms with Crippen LogP contribution in [0, 0.1) is 0 Å². The van der Waals surface area contributed by atoms with Crippen molar-refractivity contribution in [1.29, 1.82) is 0 Å². The summed E-state index contributed by atoms with van der Waals surface area (Å²) in [7, 11) is 0. The number of aromatic nitrogens is 3. The van der Waals surface area contributed by atoms with Crippen LogP contribution in [0.4, 0.5) is 0 Å². The first-order valence-electron chi connectivity index (χ1n) is 12.0. The summed E-state index contributed by atoms with van der Waals surface area (Å²) >= 11 is 0. The topological polar surface area (TPSA) is 43.9 Å². The van der Waals surface area contributed by atoms with Gasteiger partial charge in [0.15, 0.2) is 0 Å². The SMILES string of the molecule is c1cc(-c2cnc3c(n2)oc2ccc4ccccc4c23)cc(-n2c3ccccc3c3ccccc32)c1. The van der Waals surface area contributed by atoms with Crippen molar-refractivity contribution in [3.63, 3.8) is 0 Å². The molecule has 0 atom stereocenters. The van der Waals surface area contributed by atoms with Crippen molar-refractivity contribution in [2.45, 2.75) is 0 Å². The predicted octanol–water partition coefficient (Wildman–Crippen LogP) is 8.29. The van der Waals surface area contributed by atoms with Gasteiger partial charge in [0.2, 0.25) is 5.71 Å². The van der Waals surface area contributed by atoms with Gasteiger partial charge in [-0.05, 0) is 41.1 Å². The van der Waals surface area contributed by atoms with E-state index in [-0.39, 0.29) is 0 Å². The summed E-state index contributed by atoms with van der Waals surface area (Å²) < 4.78 is 8.47. The number of rotatable bonds is 2. The van der Waals surface area contributed by atoms with E-state index in [9.17, 15) is 0 Å². The lowest BCUT2D eigenvalue weighted by molar-refractivity contribution is 0.654. The van der Waals surface area contributed by atoms with Crippen LogP contribution in [0.1, 0.15) is 0 Å². The van der Waals surface area contributed by atoms with Crippen LogP contribution in [-0.4, -0.2) is 14.5 Å². The molecule has 8 aromatic rings. The standard InChI is InChI=1S/C32H19N3O/c1-2-11-23-20(8-1)16-17-29-30(23)31-32(36-29)34-26(19-33-31)21-9-7-10-22(18-21)35-27-14-5-3-12-24(27)25-13-4-6-15-28(25)35/h1-19H. The minimum absolute atomic E-state index is 0.557. The second-order valence-corrected chi connectivity index (χ2v) is 9.09. The number of para-hydroxylation sites is 2. The Labute approximate surface area is 206 Å². The highest BCUT2D eigenvalue weighted by Crippen LogP contribution is 2.35. The minimum Gasteiger partial charge on any atom is -0.436 e. The molecule has 0 radical (unpaired) electrons. The normalized spacial score (nSPS) is 11.9. The number of fused-ring (bicyclic) bond motifs is 8. The number of benzene rings is 5. The van der Waals surface area contributed by atoms with E-state index in [2.05, 4.69) is 95.6 Å². The molecule has 0 amide bonds. The van der Waals surface area contributed by atoms with Crippen LogP contribution >= 0.6 is 0 Å². The molecule has 5 aromatic carbocycles. The summed E-state index contributed by atoms with van der Waals surface area (Å²) in [5.41, 5.74) is 7.39. The fraction of sp³-hybridized carbons (Fsp3) is 0. The molecule has 0 unspecified atom stereocenters. The van der Waals surface area contributed by atoms with Crippen molar-refractivity contribution in [3.05, 3.63) is 115 Å². The molecule has 0 saturated carbocycles. The van der Waals surface area contributed by atoms with Gasteiger partial charge in [-0.3, -0.25) is 0 Å². The van der Waals surface area contributed by atoms with Gasteiger partial charge >= 0.3 is 0 Å². The van der Waals surface area contributed by atoms with Gasteiger partial charge in [0.05, 0.1) is 28.3 Å². The molecule has 168 valence electrons. The maximum absolute atomic E-state index is 6.16. The molecular weight excluding hydrogens is 442 g/mol. The van der Waals surface area contributed by atoms with Gasteiger partial charge in [-0.1, -0.05) is 78.9 Å². The van der Waals surface area contributed by atoms with E-state index in [0.29, 0.717) is 5.71 Å². The van der Waals surface area contributed by atoms with Gasteiger partial charge in [-0.15, -0.1) is 0 Å². The van der Waals surface area contributed by atoms with E-state index in [0.717, 1.165) is 44.2 Å². The van der Waals surface area contributed by atoms with E-state index >= 15 is 0 Å². The summed E-state index contributed by atoms with van der Waals surface area (Å²) in [6.07, 6.45) is 1.85. The first kappa shape index (κ1) is 19.4. The third-order valence-corrected chi connectivity index (χ3v) is 7.05. The maximum Gasteiger partial charge on any atom is 0.246 e. The summed E-state index contributed by atoms with van der Waals surface area (Å²) in [6.45, 7) is 0. The van der Waals surface area contributed by atoms with Crippen molar-refractivity contribution in [2.24, 2.45) is 0 Å². The van der Waals surface area contributed by atoms with Crippen molar-refractivity contribution < 1.29 is 4.42 Å². The van der Waals surface area contributed by atoms with E-state index in [4.69, 9.17) is 14.4 Å². The minimum atomic E-state index is 0.557. The average molecular weight is 462 g/mol. The summed E-state index contributed by atoms with van der Waals surface area (Å²) in [4.78, 5) is 9.72. The molecule has 0 aliphatic carbocycles. The number of hydrogen-bond acceptors (Lipinski definition) is 3. The fourth-order valence-electron chi connectivity index (χ4n) is 5.44. The summed E-state index contributed by atoms with van der Waals surface area (Å²) in [6, 6.07) is 37.9. The van der Waals surface area contributed by atoms with Crippen molar-refractivity contribution in [3.8, 4) is 16.9 Å². The van der Waals surface area contributed by atoms with Crippen LogP contribution in [0.5, 0.6) is 0 Å². The van der Waals surface area contributed by atoms with Crippen LogP contribution in [-0.2, 0) is 0 Å². The van der Waals surface area contributed by atoms with Crippen LogP contribution in [0.25, 0.3) is 71.7 Å². The second kappa shape index (κ2) is 7.27. The Hall–Kier alpha value is -4.96. The van der Waals surface area contributed by atoms with Crippen LogP contribution in [0.15, 0.2) is 120 Å². The van der Waals surface area contributed by atoms with E-state index < -0.39 is 0 Å². The second-order valence-electron chi connectivity index (χ2n) is 9.09. The number of hydrogen-bond donors (Lipinski definition) is 0. The smallest absolute Gasteiger partial charge is 0.246 e. The third kappa shape index (κ3) is 2.70. The summed E-state index contributed by atoms with van der Waals surface area (Å²) in [5.74, 6) is 0. The third-order valence-electron chi connectivity index (χ3n) is 7.05. The quantitative estimate of drug-likeness (QED) is 0.260. The Balaban J connectivity index is 1.33. The molecule has 0 bridgehead atoms. The Morgan fingerprint density at radius 3 is 2.17 bits per heavy atom. The van der Waals surface area contributed by atoms with E-state index in [1.807, 2.05) is 24.4 Å². The highest BCUT2D eigenvalue weighted by atomic mass is 16.3. The molecule has 0 saturated heterocycles. The van der Waals surface area contributed by atoms with Gasteiger partial charge in [0.1, 0.15) is 11.1 Å². The van der Waals surface area contributed by atoms with Gasteiger partial charge < -0.3 is 8.98 Å². The molecule has 0 aliphatic heterocycles. The molecule has 3 aromatic heterocycles. The molecule has 3 heterocycles. The molecule has 0 N–H and O–H groups in total. The summed E-state index contributed by atoms with van der Waals surface area (Å²) in [5, 5.41) is 5.80. The van der Waals surface area contributed by atoms with Gasteiger partial charge in [0, 0.05) is 22.0 Å². The highest BCUT2D eigenvalue weighted by molar-refractivity contribution is 6.16. The molecule has 4 nitrogen and oxygen atoms in total. The highest BCUT2D eigenvalue weighted by Gasteiger charge is 2.15. The molecule has 0 spiro atoms. The van der Waals surface area contributed by atoms with E-state index in [1.54, 1.807) is 0 Å². The zero-order chi connectivity index (χ0) is 23.6. The largest absolute Gasteiger partial charge is 0.436 e. The molecular formula is C32H19N3O. The molecule has 4 heteroatoms. The van der Waals surface area contributed by atoms with Crippen LogP contribution < -0.4 is 0 Å². The predicted molar refractivity (Wildman–Crippen MR) is 147 cm³/mol. The molecule has 0 aliphatic rings. The zero-order valence-electron chi connectivity index (χ0n) is 19.2. The maximum atomic E-state index is 6.16. The molecule has 36 heavy (non-hydrogen) atoms. The number of nitrogens with zero attached hydrogens (tertiary/aromatic N) is 3. The van der Waals surface area contributed by atoms with E-state index in [1.165, 1.54) is 21.8 Å². The first-order valence-corrected chi connectivity index (χ1v) is 12.0. The van der Waals surface area contributed by atoms with Gasteiger partial charge in [-0.25, -0.2) is 9.97 Å². The van der Waals surface area contributed by atoms with Crippen LogP contribution in [0.2, 0.25) is 0 Å². The van der Waals surface area contributed by atoms with Crippen molar-refractivity contribution >= 4 is 54.8 Å². The van der Waals surface area contributed by atoms with Gasteiger partial charge in [-0.2, -0.15) is 0 Å². The Kier molecular flexibility index (Phi) is 3.91. The fourth-order valence-corrected chi connectivity index (χ4v) is 5.44. The lowest BCUT2D eigenvalue weighted by atomic mass is 10.1. The monoisotopic (exact) mass is 461 g/mol. The van der Waals surface area contributed by atoms with Crippen molar-refractivity contribution in [2.75, 3.05) is 0 Å². The van der Waals surface area contributed by atoms with Crippen molar-refractivity contribution in [1.82, 2.24) is 14.5 Å². The molecule has 0 fully saturated rings. The molecule has 8 rings (SSSR count). The Bertz CT molecular complexity index is 2060. The number of furan rings is 1. The zero-order valence-corrected chi connectivity index (χ0v) is 19.2. The first-order chi connectivity index (χ1) is 17.8. The lowest BCUT2D eigenvalue weighted by Crippen LogP contribution is -1.95. The van der Waals surface area contributed by atoms with Crippen LogP contribution in [0.3, 0.4) is 0 Å². The Morgan fingerprint density at radius 1 is 0.639 bits per heavy atom. The van der Waals surface area contributed by atoms with Gasteiger partial charge in [0.25, 0.3) is 0 Å². The average Bonchev–Trinajstić information content (AvgIpc) is 3.49. The lowest BCUT2D eigenvalue weighted by Gasteiger charge is -2.09. The Morgan fingerprint density at radius 2 is 1.36 bits per heavy atom.